The van der Waals surface area contributed by atoms with Gasteiger partial charge in [-0.2, -0.15) is 0 Å². The van der Waals surface area contributed by atoms with Gasteiger partial charge in [-0.3, -0.25) is 9.59 Å². The normalized spacial score (nSPS) is 11.0. The highest BCUT2D eigenvalue weighted by atomic mass is 16.5. The Labute approximate surface area is 183 Å². The molecule has 3 rings (SSSR count). The largest absolute Gasteiger partial charge is 0.493 e. The molecule has 0 radical (unpaired) electrons. The lowest BCUT2D eigenvalue weighted by atomic mass is 9.97. The summed E-state index contributed by atoms with van der Waals surface area (Å²) in [6.07, 6.45) is 0.296. The third kappa shape index (κ3) is 6.79. The van der Waals surface area contributed by atoms with Crippen LogP contribution < -0.4 is 9.47 Å². The number of carbonyl (C=O) groups is 2. The van der Waals surface area contributed by atoms with E-state index in [0.717, 1.165) is 11.1 Å². The summed E-state index contributed by atoms with van der Waals surface area (Å²) in [7, 11) is 3.16. The number of ether oxygens (including phenoxy) is 2. The molecule has 3 aromatic carbocycles. The molecule has 0 fully saturated rings. The highest BCUT2D eigenvalue weighted by Crippen LogP contribution is 2.31. The molecule has 3 aromatic rings. The van der Waals surface area contributed by atoms with Crippen molar-refractivity contribution in [3.05, 3.63) is 95.6 Å². The Balaban J connectivity index is 0.000000245. The van der Waals surface area contributed by atoms with E-state index in [9.17, 15) is 9.59 Å². The minimum absolute atomic E-state index is 0.00343. The van der Waals surface area contributed by atoms with Crippen molar-refractivity contribution < 1.29 is 24.2 Å². The van der Waals surface area contributed by atoms with E-state index >= 15 is 0 Å². The van der Waals surface area contributed by atoms with Crippen LogP contribution >= 0.6 is 0 Å². The highest BCUT2D eigenvalue weighted by Gasteiger charge is 2.15. The standard InChI is InChI=1S/C16H16O3.C10H12O2/c1-18-15-10-6-9-13(16(15)19-2)11-14(17)12-7-4-3-5-8-12;1-8(12)10(7-11)9-5-3-2-4-6-9/h3-10H,11H2,1-2H3;2-6,10-11H,7H2,1H3. The fourth-order valence-corrected chi connectivity index (χ4v) is 3.15. The summed E-state index contributed by atoms with van der Waals surface area (Å²) >= 11 is 0. The second-order valence-electron chi connectivity index (χ2n) is 6.88. The first-order valence-corrected chi connectivity index (χ1v) is 9.96. The molecule has 0 aliphatic rings. The van der Waals surface area contributed by atoms with Gasteiger partial charge >= 0.3 is 0 Å². The zero-order valence-corrected chi connectivity index (χ0v) is 18.1. The second kappa shape index (κ2) is 12.3. The maximum Gasteiger partial charge on any atom is 0.167 e. The van der Waals surface area contributed by atoms with Crippen molar-refractivity contribution in [2.75, 3.05) is 20.8 Å². The number of aliphatic hydroxyl groups is 1. The van der Waals surface area contributed by atoms with Crippen LogP contribution in [0.1, 0.15) is 34.3 Å². The van der Waals surface area contributed by atoms with E-state index in [1.807, 2.05) is 78.9 Å². The maximum absolute atomic E-state index is 12.2. The van der Waals surface area contributed by atoms with Gasteiger partial charge in [0, 0.05) is 17.5 Å². The van der Waals surface area contributed by atoms with Crippen LogP contribution in [0, 0.1) is 0 Å². The number of aliphatic hydroxyl groups excluding tert-OH is 1. The first-order valence-electron chi connectivity index (χ1n) is 9.96. The van der Waals surface area contributed by atoms with Crippen LogP contribution in [0.2, 0.25) is 0 Å². The molecular weight excluding hydrogens is 392 g/mol. The molecule has 0 saturated carbocycles. The summed E-state index contributed by atoms with van der Waals surface area (Å²) in [6, 6.07) is 24.1. The fraction of sp³-hybridized carbons (Fsp3) is 0.231. The Morgan fingerprint density at radius 2 is 1.45 bits per heavy atom. The monoisotopic (exact) mass is 420 g/mol. The molecule has 0 bridgehead atoms. The Kier molecular flexibility index (Phi) is 9.46. The number of rotatable bonds is 8. The van der Waals surface area contributed by atoms with Crippen molar-refractivity contribution in [2.24, 2.45) is 0 Å². The van der Waals surface area contributed by atoms with Crippen LogP contribution in [0.3, 0.4) is 0 Å². The van der Waals surface area contributed by atoms with Crippen LogP contribution in [-0.2, 0) is 11.2 Å². The molecule has 5 nitrogen and oxygen atoms in total. The Bertz CT molecular complexity index is 968. The highest BCUT2D eigenvalue weighted by molar-refractivity contribution is 5.97. The van der Waals surface area contributed by atoms with Gasteiger partial charge in [-0.1, -0.05) is 72.8 Å². The molecule has 162 valence electrons. The second-order valence-corrected chi connectivity index (χ2v) is 6.88. The van der Waals surface area contributed by atoms with E-state index in [0.29, 0.717) is 23.5 Å². The number of benzene rings is 3. The first-order chi connectivity index (χ1) is 15.0. The van der Waals surface area contributed by atoms with E-state index < -0.39 is 0 Å². The lowest BCUT2D eigenvalue weighted by Crippen LogP contribution is -2.12. The average Bonchev–Trinajstić information content (AvgIpc) is 2.80. The van der Waals surface area contributed by atoms with Gasteiger partial charge in [0.25, 0.3) is 0 Å². The van der Waals surface area contributed by atoms with Crippen molar-refractivity contribution in [1.29, 1.82) is 0 Å². The molecular formula is C26H28O5. The third-order valence-corrected chi connectivity index (χ3v) is 4.81. The summed E-state index contributed by atoms with van der Waals surface area (Å²) in [5, 5.41) is 8.93. The number of para-hydroxylation sites is 1. The fourth-order valence-electron chi connectivity index (χ4n) is 3.15. The van der Waals surface area contributed by atoms with Gasteiger partial charge in [0.1, 0.15) is 5.78 Å². The smallest absolute Gasteiger partial charge is 0.167 e. The number of Topliss-reactive ketones (excluding diaryl/α,β-unsaturated/α-hetero) is 2. The minimum atomic E-state index is -0.355. The first kappa shape index (κ1) is 23.8. The van der Waals surface area contributed by atoms with Gasteiger partial charge in [-0.15, -0.1) is 0 Å². The van der Waals surface area contributed by atoms with Crippen molar-refractivity contribution in [1.82, 2.24) is 0 Å². The number of hydrogen-bond acceptors (Lipinski definition) is 5. The molecule has 0 saturated heterocycles. The lowest BCUT2D eigenvalue weighted by molar-refractivity contribution is -0.119. The Hall–Kier alpha value is -3.44. The average molecular weight is 421 g/mol. The summed E-state index contributed by atoms with van der Waals surface area (Å²) in [4.78, 5) is 23.2. The summed E-state index contributed by atoms with van der Waals surface area (Å²) < 4.78 is 10.6. The molecule has 0 spiro atoms. The predicted octanol–water partition coefficient (Wildman–Crippen LogP) is 4.48. The third-order valence-electron chi connectivity index (χ3n) is 4.81. The number of hydrogen-bond donors (Lipinski definition) is 1. The number of methoxy groups -OCH3 is 2. The van der Waals surface area contributed by atoms with Gasteiger partial charge in [0.15, 0.2) is 17.3 Å². The zero-order valence-electron chi connectivity index (χ0n) is 18.1. The van der Waals surface area contributed by atoms with Crippen LogP contribution in [0.4, 0.5) is 0 Å². The van der Waals surface area contributed by atoms with E-state index in [-0.39, 0.29) is 24.1 Å². The molecule has 0 aliphatic carbocycles. The Morgan fingerprint density at radius 1 is 0.839 bits per heavy atom. The van der Waals surface area contributed by atoms with E-state index in [1.165, 1.54) is 6.92 Å². The van der Waals surface area contributed by atoms with E-state index in [4.69, 9.17) is 14.6 Å². The molecule has 1 N–H and O–H groups in total. The number of carbonyl (C=O) groups excluding carboxylic acids is 2. The van der Waals surface area contributed by atoms with Crippen molar-refractivity contribution in [2.45, 2.75) is 19.3 Å². The van der Waals surface area contributed by atoms with Gasteiger partial charge < -0.3 is 14.6 Å². The van der Waals surface area contributed by atoms with Crippen molar-refractivity contribution in [3.63, 3.8) is 0 Å². The molecule has 0 heterocycles. The molecule has 5 heteroatoms. The van der Waals surface area contributed by atoms with Crippen LogP contribution in [-0.4, -0.2) is 37.5 Å². The lowest BCUT2D eigenvalue weighted by Gasteiger charge is -2.12. The van der Waals surface area contributed by atoms with Gasteiger partial charge in [-0.25, -0.2) is 0 Å². The maximum atomic E-state index is 12.2. The summed E-state index contributed by atoms with van der Waals surface area (Å²) in [5.41, 5.74) is 2.41. The molecule has 1 unspecified atom stereocenters. The quantitative estimate of drug-likeness (QED) is 0.544. The predicted molar refractivity (Wildman–Crippen MR) is 121 cm³/mol. The van der Waals surface area contributed by atoms with Gasteiger partial charge in [0.05, 0.1) is 26.7 Å². The molecule has 0 amide bonds. The zero-order chi connectivity index (χ0) is 22.6. The van der Waals surface area contributed by atoms with Crippen LogP contribution in [0.25, 0.3) is 0 Å². The van der Waals surface area contributed by atoms with Crippen molar-refractivity contribution >= 4 is 11.6 Å². The van der Waals surface area contributed by atoms with Gasteiger partial charge in [0.2, 0.25) is 0 Å². The minimum Gasteiger partial charge on any atom is -0.493 e. The Morgan fingerprint density at radius 3 is 1.97 bits per heavy atom. The molecule has 0 aromatic heterocycles. The number of ketones is 2. The van der Waals surface area contributed by atoms with Crippen molar-refractivity contribution in [3.8, 4) is 11.5 Å². The SMILES string of the molecule is CC(=O)C(CO)c1ccccc1.COc1cccc(CC(=O)c2ccccc2)c1OC. The summed E-state index contributed by atoms with van der Waals surface area (Å²) in [6.45, 7) is 1.38. The molecule has 1 atom stereocenters. The molecule has 0 aliphatic heterocycles. The summed E-state index contributed by atoms with van der Waals surface area (Å²) in [5.74, 6) is 0.970. The van der Waals surface area contributed by atoms with Crippen LogP contribution in [0.15, 0.2) is 78.9 Å². The van der Waals surface area contributed by atoms with E-state index in [2.05, 4.69) is 0 Å². The van der Waals surface area contributed by atoms with Crippen LogP contribution in [0.5, 0.6) is 11.5 Å². The topological polar surface area (TPSA) is 72.8 Å². The molecule has 31 heavy (non-hydrogen) atoms. The van der Waals surface area contributed by atoms with Gasteiger partial charge in [-0.05, 0) is 18.6 Å². The van der Waals surface area contributed by atoms with E-state index in [1.54, 1.807) is 14.2 Å².